The number of aryl methyl sites for hydroxylation is 1. The first-order valence-electron chi connectivity index (χ1n) is 6.90. The number of nitrogens with zero attached hydrogens (tertiary/aromatic N) is 3. The smallest absolute Gasteiger partial charge is 0.409 e. The predicted octanol–water partition coefficient (Wildman–Crippen LogP) is 0.868. The van der Waals surface area contributed by atoms with Crippen molar-refractivity contribution in [2.45, 2.75) is 13.3 Å². The van der Waals surface area contributed by atoms with Crippen LogP contribution < -0.4 is 0 Å². The van der Waals surface area contributed by atoms with E-state index in [2.05, 4.69) is 0 Å². The van der Waals surface area contributed by atoms with Gasteiger partial charge in [-0.15, -0.1) is 0 Å². The fourth-order valence-corrected chi connectivity index (χ4v) is 2.31. The van der Waals surface area contributed by atoms with Crippen LogP contribution in [0, 0.1) is 0 Å². The lowest BCUT2D eigenvalue weighted by Crippen LogP contribution is -2.51. The summed E-state index contributed by atoms with van der Waals surface area (Å²) in [6.07, 6.45) is 4.01. The maximum Gasteiger partial charge on any atom is 0.409 e. The summed E-state index contributed by atoms with van der Waals surface area (Å²) >= 11 is 0. The standard InChI is InChI=1S/C14H21N3O3/c1-3-20-14(19)17-8-6-16(7-9-17)13(18)10-12-4-5-15(2)11-12/h4-5,11H,3,6-10H2,1-2H3. The number of amides is 2. The van der Waals surface area contributed by atoms with Gasteiger partial charge in [0.15, 0.2) is 0 Å². The van der Waals surface area contributed by atoms with Crippen molar-refractivity contribution < 1.29 is 14.3 Å². The van der Waals surface area contributed by atoms with Gasteiger partial charge in [0.25, 0.3) is 0 Å². The first kappa shape index (κ1) is 14.4. The zero-order chi connectivity index (χ0) is 14.5. The molecule has 2 heterocycles. The van der Waals surface area contributed by atoms with E-state index in [1.54, 1.807) is 11.8 Å². The Bertz CT molecular complexity index is 476. The molecule has 2 amide bonds. The Kier molecular flexibility index (Phi) is 4.65. The molecule has 0 bridgehead atoms. The quantitative estimate of drug-likeness (QED) is 0.825. The molecule has 1 aliphatic rings. The highest BCUT2D eigenvalue weighted by Gasteiger charge is 2.24. The molecular weight excluding hydrogens is 258 g/mol. The van der Waals surface area contributed by atoms with Gasteiger partial charge in [-0.3, -0.25) is 4.79 Å². The van der Waals surface area contributed by atoms with Gasteiger partial charge in [0.05, 0.1) is 13.0 Å². The molecule has 6 nitrogen and oxygen atoms in total. The van der Waals surface area contributed by atoms with Crippen LogP contribution in [0.3, 0.4) is 0 Å². The Hall–Kier alpha value is -1.98. The zero-order valence-corrected chi connectivity index (χ0v) is 12.0. The second-order valence-corrected chi connectivity index (χ2v) is 4.93. The van der Waals surface area contributed by atoms with Gasteiger partial charge in [-0.05, 0) is 18.6 Å². The second-order valence-electron chi connectivity index (χ2n) is 4.93. The number of hydrogen-bond acceptors (Lipinski definition) is 3. The molecule has 1 aliphatic heterocycles. The molecule has 0 radical (unpaired) electrons. The maximum atomic E-state index is 12.2. The van der Waals surface area contributed by atoms with E-state index in [0.717, 1.165) is 5.56 Å². The van der Waals surface area contributed by atoms with E-state index in [1.165, 1.54) is 0 Å². The van der Waals surface area contributed by atoms with Crippen LogP contribution in [0.4, 0.5) is 4.79 Å². The van der Waals surface area contributed by atoms with E-state index in [4.69, 9.17) is 4.74 Å². The molecule has 0 unspecified atom stereocenters. The molecule has 20 heavy (non-hydrogen) atoms. The van der Waals surface area contributed by atoms with Crippen molar-refractivity contribution in [1.29, 1.82) is 0 Å². The molecule has 2 rings (SSSR count). The van der Waals surface area contributed by atoms with Crippen LogP contribution in [0.15, 0.2) is 18.5 Å². The van der Waals surface area contributed by atoms with Gasteiger partial charge in [-0.25, -0.2) is 4.79 Å². The van der Waals surface area contributed by atoms with E-state index in [9.17, 15) is 9.59 Å². The zero-order valence-electron chi connectivity index (χ0n) is 12.0. The summed E-state index contributed by atoms with van der Waals surface area (Å²) in [7, 11) is 1.94. The number of hydrogen-bond donors (Lipinski definition) is 0. The van der Waals surface area contributed by atoms with Crippen molar-refractivity contribution in [2.24, 2.45) is 7.05 Å². The van der Waals surface area contributed by atoms with Gasteiger partial charge in [-0.1, -0.05) is 0 Å². The molecule has 1 aromatic rings. The largest absolute Gasteiger partial charge is 0.450 e. The Labute approximate surface area is 118 Å². The molecule has 0 aliphatic carbocycles. The summed E-state index contributed by atoms with van der Waals surface area (Å²) in [4.78, 5) is 27.2. The number of carbonyl (C=O) groups is 2. The molecule has 0 spiro atoms. The van der Waals surface area contributed by atoms with E-state index < -0.39 is 0 Å². The SMILES string of the molecule is CCOC(=O)N1CCN(C(=O)Cc2ccn(C)c2)CC1. The lowest BCUT2D eigenvalue weighted by molar-refractivity contribution is -0.132. The molecule has 6 heteroatoms. The van der Waals surface area contributed by atoms with Crippen molar-refractivity contribution >= 4 is 12.0 Å². The maximum absolute atomic E-state index is 12.2. The van der Waals surface area contributed by atoms with Crippen molar-refractivity contribution in [3.8, 4) is 0 Å². The third kappa shape index (κ3) is 3.53. The van der Waals surface area contributed by atoms with Crippen LogP contribution in [0.5, 0.6) is 0 Å². The highest BCUT2D eigenvalue weighted by Crippen LogP contribution is 2.08. The predicted molar refractivity (Wildman–Crippen MR) is 74.3 cm³/mol. The minimum Gasteiger partial charge on any atom is -0.450 e. The minimum atomic E-state index is -0.289. The molecule has 1 saturated heterocycles. The summed E-state index contributed by atoms with van der Waals surface area (Å²) in [5.74, 6) is 0.111. The van der Waals surface area contributed by atoms with E-state index >= 15 is 0 Å². The summed E-state index contributed by atoms with van der Waals surface area (Å²) in [6.45, 7) is 4.40. The number of carbonyl (C=O) groups excluding carboxylic acids is 2. The summed E-state index contributed by atoms with van der Waals surface area (Å²) in [5.41, 5.74) is 1.02. The van der Waals surface area contributed by atoms with Crippen LogP contribution in [0.1, 0.15) is 12.5 Å². The van der Waals surface area contributed by atoms with Gasteiger partial charge >= 0.3 is 6.09 Å². The topological polar surface area (TPSA) is 54.8 Å². The van der Waals surface area contributed by atoms with Crippen molar-refractivity contribution in [3.05, 3.63) is 24.0 Å². The minimum absolute atomic E-state index is 0.111. The van der Waals surface area contributed by atoms with Crippen LogP contribution in [0.2, 0.25) is 0 Å². The number of ether oxygens (including phenoxy) is 1. The monoisotopic (exact) mass is 279 g/mol. The van der Waals surface area contributed by atoms with Gasteiger partial charge < -0.3 is 19.1 Å². The van der Waals surface area contributed by atoms with Crippen LogP contribution >= 0.6 is 0 Å². The van der Waals surface area contributed by atoms with Gasteiger partial charge in [0, 0.05) is 45.6 Å². The second kappa shape index (κ2) is 6.45. The molecule has 0 aromatic carbocycles. The van der Waals surface area contributed by atoms with Gasteiger partial charge in [0.1, 0.15) is 0 Å². The number of rotatable bonds is 3. The van der Waals surface area contributed by atoms with Crippen LogP contribution in [-0.2, 0) is 23.0 Å². The fourth-order valence-electron chi connectivity index (χ4n) is 2.31. The van der Waals surface area contributed by atoms with Crippen LogP contribution in [0.25, 0.3) is 0 Å². The average molecular weight is 279 g/mol. The Balaban J connectivity index is 1.81. The molecule has 1 fully saturated rings. The summed E-state index contributed by atoms with van der Waals surface area (Å²) < 4.78 is 6.89. The Morgan fingerprint density at radius 1 is 1.20 bits per heavy atom. The van der Waals surface area contributed by atoms with Gasteiger partial charge in [-0.2, -0.15) is 0 Å². The number of piperazine rings is 1. The molecule has 0 N–H and O–H groups in total. The molecule has 0 atom stereocenters. The first-order valence-corrected chi connectivity index (χ1v) is 6.90. The van der Waals surface area contributed by atoms with Crippen molar-refractivity contribution in [2.75, 3.05) is 32.8 Å². The highest BCUT2D eigenvalue weighted by atomic mass is 16.6. The molecule has 110 valence electrons. The number of aromatic nitrogens is 1. The third-order valence-electron chi connectivity index (χ3n) is 3.41. The third-order valence-corrected chi connectivity index (χ3v) is 3.41. The van der Waals surface area contributed by atoms with E-state index in [0.29, 0.717) is 39.2 Å². The van der Waals surface area contributed by atoms with Gasteiger partial charge in [0.2, 0.25) is 5.91 Å². The lowest BCUT2D eigenvalue weighted by Gasteiger charge is -2.34. The van der Waals surface area contributed by atoms with E-state index in [1.807, 2.05) is 35.0 Å². The van der Waals surface area contributed by atoms with Crippen LogP contribution in [-0.4, -0.2) is 59.2 Å². The van der Waals surface area contributed by atoms with E-state index in [-0.39, 0.29) is 12.0 Å². The highest BCUT2D eigenvalue weighted by molar-refractivity contribution is 5.79. The summed E-state index contributed by atoms with van der Waals surface area (Å²) in [6, 6.07) is 1.95. The Morgan fingerprint density at radius 3 is 2.40 bits per heavy atom. The van der Waals surface area contributed by atoms with Crippen molar-refractivity contribution in [1.82, 2.24) is 14.4 Å². The molecular formula is C14H21N3O3. The first-order chi connectivity index (χ1) is 9.60. The summed E-state index contributed by atoms with van der Waals surface area (Å²) in [5, 5.41) is 0. The fraction of sp³-hybridized carbons (Fsp3) is 0.571. The van der Waals surface area contributed by atoms with Crippen molar-refractivity contribution in [3.63, 3.8) is 0 Å². The lowest BCUT2D eigenvalue weighted by atomic mass is 10.2. The normalized spacial score (nSPS) is 15.3. The molecule has 0 saturated carbocycles. The molecule has 1 aromatic heterocycles. The average Bonchev–Trinajstić information content (AvgIpc) is 2.84. The Morgan fingerprint density at radius 2 is 1.85 bits per heavy atom.